The summed E-state index contributed by atoms with van der Waals surface area (Å²) in [5, 5.41) is 17.6. The van der Waals surface area contributed by atoms with Gasteiger partial charge in [-0.05, 0) is 88.4 Å². The summed E-state index contributed by atoms with van der Waals surface area (Å²) in [6.07, 6.45) is 2.51. The second-order valence-corrected chi connectivity index (χ2v) is 21.5. The van der Waals surface area contributed by atoms with Crippen molar-refractivity contribution in [1.82, 2.24) is 0 Å². The molecule has 2 N–H and O–H groups in total. The number of methoxy groups -OCH3 is 1. The van der Waals surface area contributed by atoms with Crippen LogP contribution in [-0.2, 0) is 74.8 Å². The number of hydrogen-bond donors (Lipinski definition) is 2. The minimum Gasteiger partial charge on any atom is -1.00 e. The van der Waals surface area contributed by atoms with Gasteiger partial charge in [-0.3, -0.25) is 19.2 Å². The Balaban J connectivity index is 0.000000941. The fourth-order valence-electron chi connectivity index (χ4n) is 7.55. The number of aliphatic hydroxyl groups excluding tert-OH is 2. The standard InChI is InChI=1S/C13H15FO4.C13H13FO4.C12H13FO3.C10H11FO2.C2H4Cl2O.B.Cl2OS.Na.H/c2*1-8(16)17-7-13(2)5-9-3-11(14)4-10(6-15)12(9)18-13;1-8(14)15-7-12(2)6-9-5-10(13)3-4-11(9)16-12;1-10(6-12)5-7-4-8(11)2-3-9(7)13-10;1-5-2(3)4;;1-4(2)3;;/h3-4,15H,5-7H2,1-2H3;3-4,6H,5,7H2,1-2H3;3-5H,6-7H2,1-2H3;2-4,12H,5-6H2,1H3;2H,1H3;;;;/q;;;;;;;+1;-1. The Bertz CT molecular complexity index is 2650. The van der Waals surface area contributed by atoms with Crippen molar-refractivity contribution in [1.29, 1.82) is 0 Å². The van der Waals surface area contributed by atoms with E-state index in [1.165, 1.54) is 70.3 Å². The first kappa shape index (κ1) is 70.1. The number of fused-ring (bicyclic) bond motifs is 4. The molecule has 4 aliphatic rings. The molecule has 26 heteroatoms. The summed E-state index contributed by atoms with van der Waals surface area (Å²) in [5.41, 5.74) is 0.934. The molecule has 15 nitrogen and oxygen atoms in total. The minimum atomic E-state index is -1.67. The third-order valence-electron chi connectivity index (χ3n) is 10.6. The molecule has 8 rings (SSSR count). The van der Waals surface area contributed by atoms with E-state index in [4.69, 9.17) is 65.7 Å². The van der Waals surface area contributed by atoms with Crippen LogP contribution in [0.15, 0.2) is 60.7 Å². The molecule has 4 heterocycles. The van der Waals surface area contributed by atoms with Crippen LogP contribution in [0.5, 0.6) is 23.0 Å². The summed E-state index contributed by atoms with van der Waals surface area (Å²) in [4.78, 5) is 43.2. The van der Waals surface area contributed by atoms with Gasteiger partial charge in [-0.2, -0.15) is 0 Å². The molecule has 0 spiro atoms. The average molecular weight is 1180 g/mol. The number of esters is 3. The van der Waals surface area contributed by atoms with Gasteiger partial charge in [0.1, 0.15) is 88.5 Å². The van der Waals surface area contributed by atoms with Gasteiger partial charge in [0.05, 0.1) is 18.8 Å². The molecule has 4 atom stereocenters. The summed E-state index contributed by atoms with van der Waals surface area (Å²) >= 11 is 10.0. The van der Waals surface area contributed by atoms with Crippen molar-refractivity contribution < 1.29 is 120 Å². The van der Waals surface area contributed by atoms with Gasteiger partial charge in [0.2, 0.25) is 14.2 Å². The molecule has 0 aromatic heterocycles. The Kier molecular flexibility index (Phi) is 29.2. The van der Waals surface area contributed by atoms with Gasteiger partial charge in [0.25, 0.3) is 0 Å². The van der Waals surface area contributed by atoms with E-state index in [-0.39, 0.29) is 102 Å². The van der Waals surface area contributed by atoms with Gasteiger partial charge in [-0.15, -0.1) is 0 Å². The minimum absolute atomic E-state index is 0. The number of hydrogen-bond acceptors (Lipinski definition) is 15. The molecule has 3 radical (unpaired) electrons. The molecule has 0 saturated carbocycles. The van der Waals surface area contributed by atoms with Gasteiger partial charge in [0, 0.05) is 111 Å². The average Bonchev–Trinajstić information content (AvgIpc) is 4.05. The molecule has 4 aliphatic heterocycles. The zero-order valence-electron chi connectivity index (χ0n) is 44.0. The number of carbonyl (C=O) groups excluding carboxylic acids is 4. The van der Waals surface area contributed by atoms with E-state index < -0.39 is 54.3 Å². The number of alkyl halides is 2. The molecule has 4 aromatic carbocycles. The molecule has 4 aromatic rings. The predicted molar refractivity (Wildman–Crippen MR) is 274 cm³/mol. The number of aldehydes is 1. The molecule has 0 aliphatic carbocycles. The van der Waals surface area contributed by atoms with Crippen molar-refractivity contribution in [3.05, 3.63) is 117 Å². The van der Waals surface area contributed by atoms with E-state index in [1.54, 1.807) is 26.0 Å². The number of rotatable bonds is 10. The summed E-state index contributed by atoms with van der Waals surface area (Å²) in [7, 11) is 8.79. The van der Waals surface area contributed by atoms with Crippen LogP contribution >= 0.6 is 44.6 Å². The smallest absolute Gasteiger partial charge is 1.00 e. The molecule has 413 valence electrons. The molecule has 0 fully saturated rings. The van der Waals surface area contributed by atoms with Crippen LogP contribution in [-0.4, -0.2) is 108 Å². The normalized spacial score (nSPS) is 20.2. The molecule has 4 unspecified atom stereocenters. The van der Waals surface area contributed by atoms with E-state index >= 15 is 0 Å². The van der Waals surface area contributed by atoms with Crippen LogP contribution in [0.2, 0.25) is 0 Å². The van der Waals surface area contributed by atoms with Crippen molar-refractivity contribution in [2.45, 2.75) is 108 Å². The van der Waals surface area contributed by atoms with Gasteiger partial charge in [-0.25, -0.2) is 21.8 Å². The van der Waals surface area contributed by atoms with E-state index in [2.05, 4.69) is 26.1 Å². The third-order valence-corrected chi connectivity index (χ3v) is 11.0. The Hall–Kier alpha value is -3.87. The number of carbonyl (C=O) groups is 4. The zero-order valence-corrected chi connectivity index (χ0v) is 48.8. The summed E-state index contributed by atoms with van der Waals surface area (Å²) in [6.45, 7) is 11.2. The maximum Gasteiger partial charge on any atom is 1.00 e. The fourth-order valence-corrected chi connectivity index (χ4v) is 7.55. The first-order valence-electron chi connectivity index (χ1n) is 22.1. The topological polar surface area (TPSA) is 200 Å². The van der Waals surface area contributed by atoms with Crippen molar-refractivity contribution in [3.8, 4) is 23.0 Å². The Morgan fingerprint density at radius 3 is 1.37 bits per heavy atom. The fraction of sp³-hybridized carbons (Fsp3) is 0.440. The number of ether oxygens (including phenoxy) is 8. The van der Waals surface area contributed by atoms with Gasteiger partial charge in [-0.1, -0.05) is 23.2 Å². The maximum atomic E-state index is 13.3. The van der Waals surface area contributed by atoms with E-state index in [0.717, 1.165) is 17.2 Å². The monoisotopic (exact) mass is 1180 g/mol. The van der Waals surface area contributed by atoms with Crippen LogP contribution in [0.1, 0.15) is 88.1 Å². The summed E-state index contributed by atoms with van der Waals surface area (Å²) in [6, 6.07) is 13.9. The largest absolute Gasteiger partial charge is 1.00 e. The summed E-state index contributed by atoms with van der Waals surface area (Å²) < 4.78 is 103. The van der Waals surface area contributed by atoms with Crippen LogP contribution in [0, 0.1) is 23.3 Å². The number of halogens is 8. The molecule has 0 bridgehead atoms. The third kappa shape index (κ3) is 22.8. The quantitative estimate of drug-likeness (QED) is 0.0344. The number of benzene rings is 4. The summed E-state index contributed by atoms with van der Waals surface area (Å²) in [5.74, 6) is -0.338. The van der Waals surface area contributed by atoms with Crippen molar-refractivity contribution in [3.63, 3.8) is 0 Å². The Morgan fingerprint density at radius 2 is 0.987 bits per heavy atom. The second-order valence-electron chi connectivity index (χ2n) is 17.9. The van der Waals surface area contributed by atoms with Gasteiger partial charge in [0.15, 0.2) is 6.29 Å². The maximum absolute atomic E-state index is 13.3. The molecular weight excluding hydrogens is 1120 g/mol. The van der Waals surface area contributed by atoms with Crippen LogP contribution < -0.4 is 48.5 Å². The van der Waals surface area contributed by atoms with Crippen molar-refractivity contribution >= 4 is 86.4 Å². The van der Waals surface area contributed by atoms with E-state index in [9.17, 15) is 41.8 Å². The van der Waals surface area contributed by atoms with Crippen molar-refractivity contribution in [2.24, 2.45) is 0 Å². The molecule has 0 saturated heterocycles. The van der Waals surface area contributed by atoms with Crippen LogP contribution in [0.3, 0.4) is 0 Å². The first-order valence-corrected chi connectivity index (χ1v) is 25.7. The van der Waals surface area contributed by atoms with Crippen LogP contribution in [0.25, 0.3) is 0 Å². The van der Waals surface area contributed by atoms with E-state index in [0.29, 0.717) is 71.7 Å². The van der Waals surface area contributed by atoms with Gasteiger partial charge >= 0.3 is 47.5 Å². The van der Waals surface area contributed by atoms with E-state index in [1.807, 2.05) is 13.8 Å². The first-order chi connectivity index (χ1) is 34.5. The Labute approximate surface area is 485 Å². The second kappa shape index (κ2) is 31.7. The number of aliphatic hydroxyl groups is 2. The van der Waals surface area contributed by atoms with Crippen LogP contribution in [0.4, 0.5) is 17.6 Å². The SMILES string of the molecule is CC(=O)OCC1(C)Cc2cc(F)cc(C=O)c2O1.CC(=O)OCC1(C)Cc2cc(F)cc(CO)c2O1.CC(=O)OCC1(C)Cc2cc(F)ccc2O1.CC1(CO)Cc2cc(F)ccc2O1.COC(Cl)Cl.O=S(Cl)Cl.[B].[H-].[Na+]. The molecule has 76 heavy (non-hydrogen) atoms. The van der Waals surface area contributed by atoms with Gasteiger partial charge < -0.3 is 49.5 Å². The molecule has 0 amide bonds. The zero-order chi connectivity index (χ0) is 55.8. The molecular formula is C50H57BCl4F4NaO15S. The Morgan fingerprint density at radius 1 is 0.645 bits per heavy atom. The predicted octanol–water partition coefficient (Wildman–Crippen LogP) is 6.24. The van der Waals surface area contributed by atoms with Crippen molar-refractivity contribution in [2.75, 3.05) is 33.5 Å².